The Bertz CT molecular complexity index is 1020. The molecule has 27 heavy (non-hydrogen) atoms. The molecule has 1 aromatic heterocycles. The quantitative estimate of drug-likeness (QED) is 0.680. The van der Waals surface area contributed by atoms with Gasteiger partial charge in [0, 0.05) is 18.1 Å². The van der Waals surface area contributed by atoms with Crippen LogP contribution in [0.25, 0.3) is 0 Å². The van der Waals surface area contributed by atoms with Gasteiger partial charge in [-0.1, -0.05) is 29.8 Å². The van der Waals surface area contributed by atoms with Crippen LogP contribution < -0.4 is 10.6 Å². The van der Waals surface area contributed by atoms with E-state index in [4.69, 9.17) is 11.6 Å². The summed E-state index contributed by atoms with van der Waals surface area (Å²) < 4.78 is 0. The third-order valence-electron chi connectivity index (χ3n) is 4.15. The fraction of sp³-hybridized carbons (Fsp3) is 0.0952. The van der Waals surface area contributed by atoms with Crippen molar-refractivity contribution >= 4 is 34.8 Å². The van der Waals surface area contributed by atoms with Crippen LogP contribution in [0.1, 0.15) is 31.8 Å². The van der Waals surface area contributed by atoms with E-state index in [0.717, 1.165) is 11.1 Å². The Morgan fingerprint density at radius 2 is 1.52 bits per heavy atom. The Kier molecular flexibility index (Phi) is 5.52. The van der Waals surface area contributed by atoms with Crippen molar-refractivity contribution in [3.8, 4) is 0 Å². The smallest absolute Gasteiger partial charge is 0.257 e. The van der Waals surface area contributed by atoms with Crippen molar-refractivity contribution in [3.05, 3.63) is 88.2 Å². The Labute approximate surface area is 162 Å². The second kappa shape index (κ2) is 8.01. The molecule has 0 spiro atoms. The molecule has 0 saturated carbocycles. The van der Waals surface area contributed by atoms with Crippen LogP contribution in [0.5, 0.6) is 0 Å². The third kappa shape index (κ3) is 4.51. The summed E-state index contributed by atoms with van der Waals surface area (Å²) in [5, 5.41) is 5.97. The summed E-state index contributed by atoms with van der Waals surface area (Å²) in [6, 6.07) is 14.1. The molecule has 3 rings (SSSR count). The summed E-state index contributed by atoms with van der Waals surface area (Å²) in [5.74, 6) is -0.727. The lowest BCUT2D eigenvalue weighted by molar-refractivity contribution is 0.102. The number of para-hydroxylation sites is 1. The summed E-state index contributed by atoms with van der Waals surface area (Å²) in [5.41, 5.74) is 3.97. The highest BCUT2D eigenvalue weighted by atomic mass is 35.5. The van der Waals surface area contributed by atoms with E-state index in [9.17, 15) is 9.59 Å². The van der Waals surface area contributed by atoms with E-state index in [1.54, 1.807) is 24.3 Å². The molecule has 0 aliphatic heterocycles. The lowest BCUT2D eigenvalue weighted by Crippen LogP contribution is -2.16. The number of hydrogen-bond donors (Lipinski definition) is 2. The Morgan fingerprint density at radius 3 is 2.19 bits per heavy atom. The highest BCUT2D eigenvalue weighted by molar-refractivity contribution is 6.33. The molecule has 0 fully saturated rings. The van der Waals surface area contributed by atoms with Gasteiger partial charge >= 0.3 is 0 Å². The number of benzene rings is 2. The SMILES string of the molecule is Cc1ccc(NC(=O)c2cncc(C(=O)Nc3ccccc3Cl)c2)cc1C. The van der Waals surface area contributed by atoms with Crippen molar-refractivity contribution in [2.75, 3.05) is 10.6 Å². The van der Waals surface area contributed by atoms with Crippen molar-refractivity contribution in [3.63, 3.8) is 0 Å². The van der Waals surface area contributed by atoms with Crippen LogP contribution in [0.4, 0.5) is 11.4 Å². The predicted octanol–water partition coefficient (Wildman–Crippen LogP) is 4.86. The molecule has 2 amide bonds. The lowest BCUT2D eigenvalue weighted by atomic mass is 10.1. The van der Waals surface area contributed by atoms with Gasteiger partial charge < -0.3 is 10.6 Å². The molecule has 5 nitrogen and oxygen atoms in total. The van der Waals surface area contributed by atoms with Gasteiger partial charge in [0.05, 0.1) is 21.8 Å². The fourth-order valence-electron chi connectivity index (χ4n) is 2.47. The standard InChI is InChI=1S/C21H18ClN3O2/c1-13-7-8-17(9-14(13)2)24-20(26)15-10-16(12-23-11-15)21(27)25-19-6-4-3-5-18(19)22/h3-12H,1-2H3,(H,24,26)(H,25,27). The third-order valence-corrected chi connectivity index (χ3v) is 4.48. The topological polar surface area (TPSA) is 71.1 Å². The van der Waals surface area contributed by atoms with Gasteiger partial charge in [-0.3, -0.25) is 14.6 Å². The summed E-state index contributed by atoms with van der Waals surface area (Å²) in [6.07, 6.45) is 2.82. The predicted molar refractivity (Wildman–Crippen MR) is 108 cm³/mol. The van der Waals surface area contributed by atoms with Gasteiger partial charge in [0.15, 0.2) is 0 Å². The maximum absolute atomic E-state index is 12.5. The van der Waals surface area contributed by atoms with Crippen molar-refractivity contribution < 1.29 is 9.59 Å². The molecule has 136 valence electrons. The number of pyridine rings is 1. The van der Waals surface area contributed by atoms with Crippen LogP contribution in [-0.4, -0.2) is 16.8 Å². The Hall–Kier alpha value is -3.18. The molecular weight excluding hydrogens is 362 g/mol. The molecule has 0 radical (unpaired) electrons. The molecule has 2 N–H and O–H groups in total. The summed E-state index contributed by atoms with van der Waals surface area (Å²) in [6.45, 7) is 3.98. The maximum atomic E-state index is 12.5. The van der Waals surface area contributed by atoms with Crippen molar-refractivity contribution in [1.82, 2.24) is 4.98 Å². The average Bonchev–Trinajstić information content (AvgIpc) is 2.66. The van der Waals surface area contributed by atoms with E-state index in [-0.39, 0.29) is 11.5 Å². The minimum Gasteiger partial charge on any atom is -0.322 e. The van der Waals surface area contributed by atoms with Gasteiger partial charge in [0.25, 0.3) is 11.8 Å². The summed E-state index contributed by atoms with van der Waals surface area (Å²) in [4.78, 5) is 28.9. The van der Waals surface area contributed by atoms with Gasteiger partial charge in [-0.25, -0.2) is 0 Å². The zero-order valence-electron chi connectivity index (χ0n) is 14.9. The largest absolute Gasteiger partial charge is 0.322 e. The van der Waals surface area contributed by atoms with Crippen LogP contribution in [0.15, 0.2) is 60.9 Å². The number of nitrogens with zero attached hydrogens (tertiary/aromatic N) is 1. The van der Waals surface area contributed by atoms with Gasteiger partial charge in [0.2, 0.25) is 0 Å². The highest BCUT2D eigenvalue weighted by Gasteiger charge is 2.13. The van der Waals surface area contributed by atoms with Crippen LogP contribution in [0.2, 0.25) is 5.02 Å². The van der Waals surface area contributed by atoms with E-state index < -0.39 is 5.91 Å². The first-order valence-corrected chi connectivity index (χ1v) is 8.71. The maximum Gasteiger partial charge on any atom is 0.257 e. The molecule has 0 aliphatic carbocycles. The average molecular weight is 380 g/mol. The van der Waals surface area contributed by atoms with Crippen LogP contribution in [-0.2, 0) is 0 Å². The fourth-order valence-corrected chi connectivity index (χ4v) is 2.65. The van der Waals surface area contributed by atoms with Gasteiger partial charge in [-0.2, -0.15) is 0 Å². The Morgan fingerprint density at radius 1 is 0.852 bits per heavy atom. The summed E-state index contributed by atoms with van der Waals surface area (Å²) >= 11 is 6.06. The minimum absolute atomic E-state index is 0.266. The van der Waals surface area contributed by atoms with Crippen molar-refractivity contribution in [2.45, 2.75) is 13.8 Å². The monoisotopic (exact) mass is 379 g/mol. The first kappa shape index (κ1) is 18.6. The van der Waals surface area contributed by atoms with Gasteiger partial charge in [0.1, 0.15) is 0 Å². The highest BCUT2D eigenvalue weighted by Crippen LogP contribution is 2.21. The number of anilines is 2. The molecule has 0 bridgehead atoms. The first-order valence-electron chi connectivity index (χ1n) is 8.33. The zero-order chi connectivity index (χ0) is 19.4. The van der Waals surface area contributed by atoms with E-state index in [2.05, 4.69) is 15.6 Å². The van der Waals surface area contributed by atoms with Gasteiger partial charge in [-0.05, 0) is 55.3 Å². The number of nitrogens with one attached hydrogen (secondary N) is 2. The first-order chi connectivity index (χ1) is 12.9. The minimum atomic E-state index is -0.392. The lowest BCUT2D eigenvalue weighted by Gasteiger charge is -2.09. The molecule has 0 atom stereocenters. The molecule has 3 aromatic rings. The molecule has 0 saturated heterocycles. The number of carbonyl (C=O) groups is 2. The number of carbonyl (C=O) groups excluding carboxylic acids is 2. The number of hydrogen-bond acceptors (Lipinski definition) is 3. The summed E-state index contributed by atoms with van der Waals surface area (Å²) in [7, 11) is 0. The zero-order valence-corrected chi connectivity index (χ0v) is 15.7. The van der Waals surface area contributed by atoms with Crippen molar-refractivity contribution in [2.24, 2.45) is 0 Å². The van der Waals surface area contributed by atoms with E-state index in [0.29, 0.717) is 22.0 Å². The number of rotatable bonds is 4. The molecule has 0 unspecified atom stereocenters. The number of halogens is 1. The second-order valence-corrected chi connectivity index (χ2v) is 6.56. The van der Waals surface area contributed by atoms with Crippen LogP contribution >= 0.6 is 11.6 Å². The van der Waals surface area contributed by atoms with Crippen LogP contribution in [0, 0.1) is 13.8 Å². The number of amides is 2. The Balaban J connectivity index is 1.76. The molecule has 1 heterocycles. The normalized spacial score (nSPS) is 10.3. The molecule has 0 aliphatic rings. The van der Waals surface area contributed by atoms with Gasteiger partial charge in [-0.15, -0.1) is 0 Å². The second-order valence-electron chi connectivity index (χ2n) is 6.15. The molecule has 6 heteroatoms. The molecular formula is C21H18ClN3O2. The van der Waals surface area contributed by atoms with E-state index >= 15 is 0 Å². The van der Waals surface area contributed by atoms with Crippen LogP contribution in [0.3, 0.4) is 0 Å². The number of aryl methyl sites for hydroxylation is 2. The molecule has 2 aromatic carbocycles. The van der Waals surface area contributed by atoms with Crippen molar-refractivity contribution in [1.29, 1.82) is 0 Å². The van der Waals surface area contributed by atoms with E-state index in [1.165, 1.54) is 18.5 Å². The number of aromatic nitrogens is 1. The van der Waals surface area contributed by atoms with E-state index in [1.807, 2.05) is 32.0 Å².